The van der Waals surface area contributed by atoms with Crippen molar-refractivity contribution in [3.63, 3.8) is 0 Å². The highest BCUT2D eigenvalue weighted by Crippen LogP contribution is 2.37. The molecule has 0 radical (unpaired) electrons. The van der Waals surface area contributed by atoms with E-state index in [9.17, 15) is 31.2 Å². The largest absolute Gasteiger partial charge is 0.395 e. The number of aliphatic hydroxyl groups is 1. The zero-order valence-corrected chi connectivity index (χ0v) is 20.3. The third-order valence-electron chi connectivity index (χ3n) is 5.32. The number of halogens is 4. The number of aliphatic hydroxyl groups excluding tert-OH is 1. The first-order chi connectivity index (χ1) is 16.9. The Kier molecular flexibility index (Phi) is 8.95. The van der Waals surface area contributed by atoms with Crippen molar-refractivity contribution in [2.45, 2.75) is 36.9 Å². The first-order valence-electron chi connectivity index (χ1n) is 10.8. The lowest BCUT2D eigenvalue weighted by Gasteiger charge is -2.36. The lowest BCUT2D eigenvalue weighted by Crippen LogP contribution is -2.54. The lowest BCUT2D eigenvalue weighted by atomic mass is 9.88. The molecular weight excluding hydrogens is 525 g/mol. The Morgan fingerprint density at radius 2 is 1.78 bits per heavy atom. The number of carbonyl (C=O) groups is 2. The molecule has 36 heavy (non-hydrogen) atoms. The first-order valence-corrected chi connectivity index (χ1v) is 12.6. The summed E-state index contributed by atoms with van der Waals surface area (Å²) in [7, 11) is -4.36. The van der Waals surface area contributed by atoms with E-state index in [-0.39, 0.29) is 22.7 Å². The van der Waals surface area contributed by atoms with Crippen molar-refractivity contribution in [3.8, 4) is 0 Å². The average Bonchev–Trinajstić information content (AvgIpc) is 2.79. The summed E-state index contributed by atoms with van der Waals surface area (Å²) >= 11 is 6.21. The fourth-order valence-electron chi connectivity index (χ4n) is 3.60. The predicted octanol–water partition coefficient (Wildman–Crippen LogP) is 1.71. The summed E-state index contributed by atoms with van der Waals surface area (Å²) in [5.74, 6) is -5.53. The summed E-state index contributed by atoms with van der Waals surface area (Å²) in [5, 5.41) is 13.8. The van der Waals surface area contributed by atoms with Gasteiger partial charge in [-0.2, -0.15) is 17.9 Å². The molecule has 1 fully saturated rings. The molecule has 1 aliphatic carbocycles. The van der Waals surface area contributed by atoms with Crippen molar-refractivity contribution in [1.82, 2.24) is 20.1 Å². The molecule has 1 aliphatic rings. The van der Waals surface area contributed by atoms with Gasteiger partial charge in [-0.1, -0.05) is 41.9 Å². The molecule has 0 spiro atoms. The smallest absolute Gasteiger partial charge is 0.278 e. The summed E-state index contributed by atoms with van der Waals surface area (Å²) in [5.41, 5.74) is 0.0502. The minimum atomic E-state index is -4.36. The maximum absolute atomic E-state index is 13.9. The summed E-state index contributed by atoms with van der Waals surface area (Å²) in [6.07, 6.45) is -1.13. The number of alkyl halides is 2. The molecule has 0 saturated heterocycles. The highest BCUT2D eigenvalue weighted by Gasteiger charge is 2.46. The summed E-state index contributed by atoms with van der Waals surface area (Å²) < 4.78 is 69.2. The van der Waals surface area contributed by atoms with Crippen LogP contribution in [0, 0.1) is 5.82 Å². The van der Waals surface area contributed by atoms with Crippen molar-refractivity contribution >= 4 is 33.6 Å². The Balaban J connectivity index is 1.90. The summed E-state index contributed by atoms with van der Waals surface area (Å²) in [4.78, 5) is 26.3. The second-order valence-corrected chi connectivity index (χ2v) is 10.1. The van der Waals surface area contributed by atoms with Crippen LogP contribution < -0.4 is 20.1 Å². The molecule has 2 aromatic rings. The highest BCUT2D eigenvalue weighted by atomic mass is 35.5. The van der Waals surface area contributed by atoms with Crippen LogP contribution in [0.3, 0.4) is 0 Å². The molecular formula is C22H24ClF3N4O5S. The van der Waals surface area contributed by atoms with Crippen LogP contribution in [0.1, 0.15) is 36.1 Å². The second-order valence-electron chi connectivity index (χ2n) is 8.16. The van der Waals surface area contributed by atoms with Crippen LogP contribution in [0.5, 0.6) is 0 Å². The van der Waals surface area contributed by atoms with E-state index < -0.39 is 71.3 Å². The molecule has 196 valence electrons. The molecule has 14 heteroatoms. The highest BCUT2D eigenvalue weighted by molar-refractivity contribution is 7.87. The molecule has 0 aromatic heterocycles. The third-order valence-corrected chi connectivity index (χ3v) is 6.80. The van der Waals surface area contributed by atoms with Gasteiger partial charge in [-0.15, -0.1) is 0 Å². The SMILES string of the molecule is O=C(N[C@H](C(=O)NC1CC(F)(F)C1)c1ccccc1Cl)C(NS(=O)(=O)NCCO)c1cccc(F)c1. The van der Waals surface area contributed by atoms with Gasteiger partial charge in [0, 0.05) is 36.0 Å². The van der Waals surface area contributed by atoms with E-state index in [0.717, 1.165) is 12.1 Å². The zero-order chi connectivity index (χ0) is 26.5. The van der Waals surface area contributed by atoms with Gasteiger partial charge < -0.3 is 15.7 Å². The molecule has 0 bridgehead atoms. The van der Waals surface area contributed by atoms with Gasteiger partial charge in [0.2, 0.25) is 11.8 Å². The average molecular weight is 549 g/mol. The topological polar surface area (TPSA) is 137 Å². The van der Waals surface area contributed by atoms with Gasteiger partial charge in [0.15, 0.2) is 0 Å². The Morgan fingerprint density at radius 1 is 1.08 bits per heavy atom. The number of nitrogens with one attached hydrogen (secondary N) is 4. The van der Waals surface area contributed by atoms with Crippen LogP contribution in [0.25, 0.3) is 0 Å². The van der Waals surface area contributed by atoms with Crippen LogP contribution in [-0.4, -0.2) is 50.5 Å². The molecule has 2 amide bonds. The molecule has 2 atom stereocenters. The molecule has 3 rings (SSSR count). The van der Waals surface area contributed by atoms with Crippen molar-refractivity contribution in [2.24, 2.45) is 0 Å². The van der Waals surface area contributed by atoms with Gasteiger partial charge in [-0.3, -0.25) is 9.59 Å². The fraction of sp³-hybridized carbons (Fsp3) is 0.364. The van der Waals surface area contributed by atoms with E-state index in [4.69, 9.17) is 16.7 Å². The van der Waals surface area contributed by atoms with Crippen LogP contribution in [0.15, 0.2) is 48.5 Å². The molecule has 0 aliphatic heterocycles. The molecule has 2 aromatic carbocycles. The normalized spacial score (nSPS) is 17.0. The van der Waals surface area contributed by atoms with E-state index in [1.807, 2.05) is 4.72 Å². The van der Waals surface area contributed by atoms with E-state index in [1.165, 1.54) is 30.3 Å². The van der Waals surface area contributed by atoms with E-state index in [0.29, 0.717) is 0 Å². The number of hydrogen-bond donors (Lipinski definition) is 5. The minimum absolute atomic E-state index is 0.0844. The van der Waals surface area contributed by atoms with Gasteiger partial charge in [0.1, 0.15) is 17.9 Å². The van der Waals surface area contributed by atoms with Gasteiger partial charge in [-0.05, 0) is 23.8 Å². The third kappa shape index (κ3) is 7.40. The van der Waals surface area contributed by atoms with Crippen LogP contribution in [-0.2, 0) is 19.8 Å². The number of benzene rings is 2. The van der Waals surface area contributed by atoms with E-state index in [1.54, 1.807) is 6.07 Å². The number of carbonyl (C=O) groups excluding carboxylic acids is 2. The van der Waals surface area contributed by atoms with Crippen molar-refractivity contribution in [1.29, 1.82) is 0 Å². The van der Waals surface area contributed by atoms with Crippen molar-refractivity contribution < 1.29 is 36.3 Å². The fourth-order valence-corrected chi connectivity index (χ4v) is 4.84. The number of amides is 2. The molecule has 1 unspecified atom stereocenters. The Labute approximate surface area is 210 Å². The predicted molar refractivity (Wildman–Crippen MR) is 125 cm³/mol. The molecule has 9 nitrogen and oxygen atoms in total. The number of rotatable bonds is 11. The Bertz CT molecular complexity index is 1210. The molecule has 1 saturated carbocycles. The van der Waals surface area contributed by atoms with E-state index >= 15 is 0 Å². The second kappa shape index (κ2) is 11.6. The van der Waals surface area contributed by atoms with Gasteiger partial charge >= 0.3 is 0 Å². The van der Waals surface area contributed by atoms with Crippen LogP contribution >= 0.6 is 11.6 Å². The number of hydrogen-bond acceptors (Lipinski definition) is 5. The van der Waals surface area contributed by atoms with Crippen LogP contribution in [0.2, 0.25) is 5.02 Å². The lowest BCUT2D eigenvalue weighted by molar-refractivity contribution is -0.135. The monoisotopic (exact) mass is 548 g/mol. The van der Waals surface area contributed by atoms with Crippen LogP contribution in [0.4, 0.5) is 13.2 Å². The van der Waals surface area contributed by atoms with Gasteiger partial charge in [0.25, 0.3) is 16.1 Å². The standard InChI is InChI=1S/C22H24ClF3N4O5S/c23-17-7-2-1-6-16(17)19(21(33)28-15-11-22(25,26)12-15)29-20(32)18(13-4-3-5-14(24)10-13)30-36(34,35)27-8-9-31/h1-7,10,15,18-19,27,30-31H,8-9,11-12H2,(H,28,33)(H,29,32)/t18?,19-/m0/s1. The zero-order valence-electron chi connectivity index (χ0n) is 18.7. The molecule has 5 N–H and O–H groups in total. The van der Waals surface area contributed by atoms with E-state index in [2.05, 4.69) is 15.4 Å². The minimum Gasteiger partial charge on any atom is -0.395 e. The van der Waals surface area contributed by atoms with Gasteiger partial charge in [-0.25, -0.2) is 13.2 Å². The Morgan fingerprint density at radius 3 is 2.39 bits per heavy atom. The quantitative estimate of drug-likeness (QED) is 0.291. The molecule has 0 heterocycles. The first kappa shape index (κ1) is 27.9. The summed E-state index contributed by atoms with van der Waals surface area (Å²) in [6, 6.07) is 6.56. The maximum Gasteiger partial charge on any atom is 0.278 e. The maximum atomic E-state index is 13.9. The Hall–Kier alpha value is -2.71. The van der Waals surface area contributed by atoms with Crippen molar-refractivity contribution in [3.05, 3.63) is 70.5 Å². The van der Waals surface area contributed by atoms with Gasteiger partial charge in [0.05, 0.1) is 6.61 Å². The van der Waals surface area contributed by atoms with Crippen molar-refractivity contribution in [2.75, 3.05) is 13.2 Å². The summed E-state index contributed by atoms with van der Waals surface area (Å²) in [6.45, 7) is -0.879.